The molecule has 15 heteroatoms. The predicted octanol–water partition coefficient (Wildman–Crippen LogP) is 0.962. The molecule has 2 aromatic heterocycles. The molecule has 1 unspecified atom stereocenters. The Balaban J connectivity index is 1.60. The smallest absolute Gasteiger partial charge is 0.347 e. The molecule has 1 aliphatic heterocycles. The van der Waals surface area contributed by atoms with E-state index >= 15 is 0 Å². The lowest BCUT2D eigenvalue weighted by molar-refractivity contribution is -0.120. The fourth-order valence-corrected chi connectivity index (χ4v) is 5.11. The molecule has 0 bridgehead atoms. The van der Waals surface area contributed by atoms with Gasteiger partial charge in [0.05, 0.1) is 10.6 Å². The topological polar surface area (TPSA) is 193 Å². The van der Waals surface area contributed by atoms with Gasteiger partial charge in [0, 0.05) is 38.5 Å². The van der Waals surface area contributed by atoms with Crippen molar-refractivity contribution >= 4 is 55.8 Å². The number of rotatable bonds is 9. The van der Waals surface area contributed by atoms with Crippen molar-refractivity contribution in [1.29, 1.82) is 0 Å². The Morgan fingerprint density at radius 1 is 1.24 bits per heavy atom. The number of carbonyl (C=O) groups excluding carboxylic acids is 1. The number of hydrogen-bond acceptors (Lipinski definition) is 12. The van der Waals surface area contributed by atoms with Gasteiger partial charge in [-0.1, -0.05) is 23.5 Å². The first-order valence-corrected chi connectivity index (χ1v) is 13.9. The summed E-state index contributed by atoms with van der Waals surface area (Å²) in [4.78, 5) is 38.7. The number of amides is 1. The number of nitrogens with two attached hydrogens (primary N) is 1. The van der Waals surface area contributed by atoms with Gasteiger partial charge in [0.15, 0.2) is 15.0 Å². The van der Waals surface area contributed by atoms with Gasteiger partial charge < -0.3 is 26.4 Å². The van der Waals surface area contributed by atoms with Crippen molar-refractivity contribution in [3.8, 4) is 0 Å². The number of carboxylic acid groups (broad SMARTS) is 1. The molecule has 1 fully saturated rings. The molecule has 0 aliphatic carbocycles. The highest BCUT2D eigenvalue weighted by Crippen LogP contribution is 2.27. The highest BCUT2D eigenvalue weighted by Gasteiger charge is 2.25. The normalized spacial score (nSPS) is 15.8. The zero-order valence-electron chi connectivity index (χ0n) is 20.1. The molecule has 196 valence electrons. The fourth-order valence-electron chi connectivity index (χ4n) is 3.68. The van der Waals surface area contributed by atoms with Crippen molar-refractivity contribution in [2.24, 2.45) is 5.73 Å². The SMILES string of the molecule is Cc1nc(Nc2nc(NCc3ccc(S(C)(=O)=O)cc3)cc(N3CCNC(C(N)=O)C3)n2)sc1C(=O)O. The number of anilines is 4. The second-order valence-electron chi connectivity index (χ2n) is 8.42. The summed E-state index contributed by atoms with van der Waals surface area (Å²) < 4.78 is 23.4. The lowest BCUT2D eigenvalue weighted by Crippen LogP contribution is -2.56. The fraction of sp³-hybridized carbons (Fsp3) is 0.318. The molecule has 37 heavy (non-hydrogen) atoms. The van der Waals surface area contributed by atoms with Crippen LogP contribution < -0.4 is 26.6 Å². The molecule has 6 N–H and O–H groups in total. The Morgan fingerprint density at radius 3 is 2.59 bits per heavy atom. The summed E-state index contributed by atoms with van der Waals surface area (Å²) in [6.07, 6.45) is 1.15. The Bertz CT molecular complexity index is 1430. The van der Waals surface area contributed by atoms with Crippen LogP contribution in [0.15, 0.2) is 35.2 Å². The minimum absolute atomic E-state index is 0.112. The average molecular weight is 547 g/mol. The van der Waals surface area contributed by atoms with Crippen LogP contribution >= 0.6 is 11.3 Å². The van der Waals surface area contributed by atoms with Crippen molar-refractivity contribution in [2.45, 2.75) is 24.4 Å². The number of aromatic nitrogens is 3. The van der Waals surface area contributed by atoms with Crippen LogP contribution in [0.4, 0.5) is 22.7 Å². The van der Waals surface area contributed by atoms with Crippen LogP contribution in [0.2, 0.25) is 0 Å². The molecule has 0 saturated carbocycles. The van der Waals surface area contributed by atoms with E-state index in [0.717, 1.165) is 23.2 Å². The standard InChI is InChI=1S/C22H26N8O5S2/c1-12-18(20(32)33)36-22(26-12)29-21-27-16(25-10-13-3-5-14(6-4-13)37(2,34)35)9-17(28-21)30-8-7-24-15(11-30)19(23)31/h3-6,9,15,24H,7-8,10-11H2,1-2H3,(H2,23,31)(H,32,33)(H2,25,26,27,28,29). The first kappa shape index (κ1) is 26.2. The predicted molar refractivity (Wildman–Crippen MR) is 139 cm³/mol. The largest absolute Gasteiger partial charge is 0.477 e. The van der Waals surface area contributed by atoms with E-state index in [1.165, 1.54) is 0 Å². The number of thiazole rings is 1. The number of sulfone groups is 1. The van der Waals surface area contributed by atoms with Crippen molar-refractivity contribution in [3.63, 3.8) is 0 Å². The van der Waals surface area contributed by atoms with Crippen LogP contribution in [0.25, 0.3) is 0 Å². The quantitative estimate of drug-likeness (QED) is 0.256. The van der Waals surface area contributed by atoms with Gasteiger partial charge >= 0.3 is 5.97 Å². The third-order valence-electron chi connectivity index (χ3n) is 5.59. The molecule has 1 amide bonds. The van der Waals surface area contributed by atoms with Gasteiger partial charge in [-0.15, -0.1) is 0 Å². The number of benzene rings is 1. The van der Waals surface area contributed by atoms with Gasteiger partial charge in [0.1, 0.15) is 22.6 Å². The summed E-state index contributed by atoms with van der Waals surface area (Å²) in [6.45, 7) is 3.38. The Hall–Kier alpha value is -3.82. The van der Waals surface area contributed by atoms with Crippen molar-refractivity contribution in [1.82, 2.24) is 20.3 Å². The van der Waals surface area contributed by atoms with E-state index < -0.39 is 27.8 Å². The van der Waals surface area contributed by atoms with Crippen molar-refractivity contribution in [3.05, 3.63) is 46.5 Å². The highest BCUT2D eigenvalue weighted by molar-refractivity contribution is 7.90. The third kappa shape index (κ3) is 6.49. The van der Waals surface area contributed by atoms with E-state index in [1.54, 1.807) is 37.3 Å². The van der Waals surface area contributed by atoms with E-state index in [-0.39, 0.29) is 15.7 Å². The maximum absolute atomic E-state index is 11.7. The number of nitrogens with one attached hydrogen (secondary N) is 3. The molecule has 3 heterocycles. The number of carboxylic acids is 1. The lowest BCUT2D eigenvalue weighted by Gasteiger charge is -2.33. The van der Waals surface area contributed by atoms with E-state index in [9.17, 15) is 23.1 Å². The zero-order chi connectivity index (χ0) is 26.7. The highest BCUT2D eigenvalue weighted by atomic mass is 32.2. The summed E-state index contributed by atoms with van der Waals surface area (Å²) in [5, 5.41) is 18.9. The molecular formula is C22H26N8O5S2. The number of nitrogens with zero attached hydrogens (tertiary/aromatic N) is 4. The molecule has 1 aliphatic rings. The monoisotopic (exact) mass is 546 g/mol. The molecule has 13 nitrogen and oxygen atoms in total. The van der Waals surface area contributed by atoms with E-state index in [1.807, 2.05) is 4.90 Å². The number of piperazine rings is 1. The molecule has 4 rings (SSSR count). The summed E-state index contributed by atoms with van der Waals surface area (Å²) in [5.74, 6) is -0.354. The summed E-state index contributed by atoms with van der Waals surface area (Å²) in [6, 6.07) is 7.70. The van der Waals surface area contributed by atoms with Gasteiger partial charge in [0.2, 0.25) is 11.9 Å². The maximum atomic E-state index is 11.7. The number of primary amides is 1. The molecule has 1 aromatic carbocycles. The zero-order valence-corrected chi connectivity index (χ0v) is 21.7. The lowest BCUT2D eigenvalue weighted by atomic mass is 10.2. The minimum atomic E-state index is -3.29. The summed E-state index contributed by atoms with van der Waals surface area (Å²) >= 11 is 0.971. The average Bonchev–Trinajstić information content (AvgIpc) is 3.22. The van der Waals surface area contributed by atoms with Crippen LogP contribution in [0.5, 0.6) is 0 Å². The molecule has 1 saturated heterocycles. The van der Waals surface area contributed by atoms with Gasteiger partial charge in [0.25, 0.3) is 0 Å². The first-order chi connectivity index (χ1) is 17.5. The van der Waals surface area contributed by atoms with Crippen molar-refractivity contribution in [2.75, 3.05) is 41.4 Å². The van der Waals surface area contributed by atoms with E-state index in [2.05, 4.69) is 30.9 Å². The minimum Gasteiger partial charge on any atom is -0.477 e. The van der Waals surface area contributed by atoms with Crippen molar-refractivity contribution < 1.29 is 23.1 Å². The van der Waals surface area contributed by atoms with Crippen LogP contribution in [-0.4, -0.2) is 72.3 Å². The third-order valence-corrected chi connectivity index (χ3v) is 7.78. The van der Waals surface area contributed by atoms with E-state index in [4.69, 9.17) is 5.73 Å². The second-order valence-corrected chi connectivity index (χ2v) is 11.4. The van der Waals surface area contributed by atoms with Gasteiger partial charge in [-0.3, -0.25) is 10.1 Å². The number of aryl methyl sites for hydroxylation is 1. The number of hydrogen-bond donors (Lipinski definition) is 5. The molecule has 0 spiro atoms. The molecule has 0 radical (unpaired) electrons. The number of aromatic carboxylic acids is 1. The summed E-state index contributed by atoms with van der Waals surface area (Å²) in [7, 11) is -3.29. The maximum Gasteiger partial charge on any atom is 0.347 e. The summed E-state index contributed by atoms with van der Waals surface area (Å²) in [5.41, 5.74) is 6.69. The Labute approximate surface area is 217 Å². The Morgan fingerprint density at radius 2 is 1.97 bits per heavy atom. The van der Waals surface area contributed by atoms with Gasteiger partial charge in [-0.2, -0.15) is 9.97 Å². The molecular weight excluding hydrogens is 520 g/mol. The molecule has 1 atom stereocenters. The van der Waals surface area contributed by atoms with Gasteiger partial charge in [-0.25, -0.2) is 18.2 Å². The first-order valence-electron chi connectivity index (χ1n) is 11.2. The molecule has 3 aromatic rings. The van der Waals surface area contributed by atoms with Gasteiger partial charge in [-0.05, 0) is 24.6 Å². The van der Waals surface area contributed by atoms with Crippen LogP contribution in [0.1, 0.15) is 20.9 Å². The van der Waals surface area contributed by atoms with Crippen LogP contribution in [0.3, 0.4) is 0 Å². The Kier molecular flexibility index (Phi) is 7.56. The second kappa shape index (κ2) is 10.7. The van der Waals surface area contributed by atoms with Crippen LogP contribution in [-0.2, 0) is 21.2 Å². The van der Waals surface area contributed by atoms with Crippen LogP contribution in [0, 0.1) is 6.92 Å². The van der Waals surface area contributed by atoms with E-state index in [0.29, 0.717) is 48.6 Å². The number of carbonyl (C=O) groups is 2.